The van der Waals surface area contributed by atoms with Crippen molar-refractivity contribution in [2.45, 2.75) is 6.42 Å². The molecule has 0 spiro atoms. The molecular weight excluding hydrogens is 339 g/mol. The molecule has 1 fully saturated rings. The zero-order chi connectivity index (χ0) is 17.2. The fourth-order valence-corrected chi connectivity index (χ4v) is 6.24. The first-order chi connectivity index (χ1) is 11.5. The van der Waals surface area contributed by atoms with Crippen LogP contribution in [-0.2, 0) is 0 Å². The Morgan fingerprint density at radius 1 is 0.958 bits per heavy atom. The number of thiocarbonyl (C=S) groups is 1. The Balaban J connectivity index is 2.05. The lowest BCUT2D eigenvalue weighted by molar-refractivity contribution is 0.554. The van der Waals surface area contributed by atoms with Crippen molar-refractivity contribution < 1.29 is 10.00 Å². The van der Waals surface area contributed by atoms with E-state index in [1.165, 1.54) is 0 Å². The van der Waals surface area contributed by atoms with Crippen molar-refractivity contribution in [2.75, 3.05) is 22.4 Å². The molecule has 0 bridgehead atoms. The van der Waals surface area contributed by atoms with Gasteiger partial charge >= 0.3 is 0 Å². The van der Waals surface area contributed by atoms with Crippen LogP contribution in [0.15, 0.2) is 72.6 Å². The van der Waals surface area contributed by atoms with Gasteiger partial charge in [-0.15, -0.1) is 0 Å². The van der Waals surface area contributed by atoms with Gasteiger partial charge < -0.3 is 19.3 Å². The molecule has 1 aliphatic rings. The Bertz CT molecular complexity index is 692. The van der Waals surface area contributed by atoms with Crippen LogP contribution in [0.5, 0.6) is 0 Å². The standard InChI is InChI=1S/C18H20N2O2PS/c1-15(14-18(21)24)23(22)19(16-8-4-2-5-9-16)12-13-20(23)17-10-6-3-7-11-17/h2-11,22H,1,12-14H2,(H,21,24). The van der Waals surface area contributed by atoms with Gasteiger partial charge in [0.1, 0.15) is 0 Å². The minimum atomic E-state index is -2.90. The summed E-state index contributed by atoms with van der Waals surface area (Å²) < 4.78 is 4.00. The number of rotatable bonds is 5. The number of aliphatic hydroxyl groups is 1. The van der Waals surface area contributed by atoms with Gasteiger partial charge in [-0.05, 0) is 36.5 Å². The van der Waals surface area contributed by atoms with Crippen molar-refractivity contribution in [3.05, 3.63) is 72.6 Å². The molecule has 1 aliphatic heterocycles. The molecule has 2 aromatic carbocycles. The predicted molar refractivity (Wildman–Crippen MR) is 106 cm³/mol. The first-order valence-electron chi connectivity index (χ1n) is 7.71. The SMILES string of the molecule is C=C(CC(O)=S)[P]1(O)N(c2ccccc2)CCN1c1ccccc1. The Labute approximate surface area is 148 Å². The highest BCUT2D eigenvalue weighted by Crippen LogP contribution is 2.72. The summed E-state index contributed by atoms with van der Waals surface area (Å²) >= 11 is 4.83. The first-order valence-corrected chi connectivity index (χ1v) is 9.77. The zero-order valence-electron chi connectivity index (χ0n) is 13.2. The molecule has 125 valence electrons. The molecule has 0 amide bonds. The molecule has 0 aliphatic carbocycles. The molecule has 4 nitrogen and oxygen atoms in total. The highest BCUT2D eigenvalue weighted by molar-refractivity contribution is 7.80. The molecule has 1 saturated heterocycles. The van der Waals surface area contributed by atoms with Gasteiger partial charge in [0.25, 0.3) is 0 Å². The second-order valence-electron chi connectivity index (χ2n) is 5.62. The van der Waals surface area contributed by atoms with Gasteiger partial charge in [-0.25, -0.2) is 0 Å². The van der Waals surface area contributed by atoms with Crippen LogP contribution in [0.1, 0.15) is 6.42 Å². The normalized spacial score (nSPS) is 16.2. The summed E-state index contributed by atoms with van der Waals surface area (Å²) in [5.74, 6) is 0. The average molecular weight is 359 g/mol. The summed E-state index contributed by atoms with van der Waals surface area (Å²) in [7, 11) is -2.90. The number of hydrogen-bond acceptors (Lipinski definition) is 4. The van der Waals surface area contributed by atoms with Crippen molar-refractivity contribution >= 4 is 36.4 Å². The van der Waals surface area contributed by atoms with Crippen LogP contribution in [0.25, 0.3) is 0 Å². The summed E-state index contributed by atoms with van der Waals surface area (Å²) in [6.45, 7) is 5.43. The van der Waals surface area contributed by atoms with Crippen molar-refractivity contribution in [3.63, 3.8) is 0 Å². The molecule has 0 saturated carbocycles. The van der Waals surface area contributed by atoms with Gasteiger partial charge in [0.15, 0.2) is 12.8 Å². The molecule has 2 N–H and O–H groups in total. The summed E-state index contributed by atoms with van der Waals surface area (Å²) in [6.07, 6.45) is 0.117. The first kappa shape index (κ1) is 16.9. The van der Waals surface area contributed by atoms with Crippen LogP contribution in [0.4, 0.5) is 11.4 Å². The summed E-state index contributed by atoms with van der Waals surface area (Å²) in [5, 5.41) is 9.96. The number of anilines is 2. The van der Waals surface area contributed by atoms with E-state index in [1.54, 1.807) is 0 Å². The second-order valence-corrected chi connectivity index (χ2v) is 8.83. The second kappa shape index (κ2) is 6.89. The monoisotopic (exact) mass is 359 g/mol. The van der Waals surface area contributed by atoms with Crippen molar-refractivity contribution in [1.82, 2.24) is 0 Å². The van der Waals surface area contributed by atoms with Crippen LogP contribution in [0.2, 0.25) is 0 Å². The van der Waals surface area contributed by atoms with E-state index in [1.807, 2.05) is 70.0 Å². The smallest absolute Gasteiger partial charge is 0.188 e. The average Bonchev–Trinajstić information content (AvgIpc) is 2.94. The Morgan fingerprint density at radius 3 is 1.75 bits per heavy atom. The molecule has 6 heteroatoms. The minimum absolute atomic E-state index is 0.117. The van der Waals surface area contributed by atoms with Gasteiger partial charge in [-0.3, -0.25) is 0 Å². The number of nitrogens with zero attached hydrogens (tertiary/aromatic N) is 2. The van der Waals surface area contributed by atoms with Crippen molar-refractivity contribution in [2.24, 2.45) is 0 Å². The Kier molecular flexibility index (Phi) is 4.86. The lowest BCUT2D eigenvalue weighted by Crippen LogP contribution is -2.26. The molecule has 24 heavy (non-hydrogen) atoms. The molecule has 1 radical (unpaired) electrons. The Morgan fingerprint density at radius 2 is 1.38 bits per heavy atom. The van der Waals surface area contributed by atoms with E-state index in [0.29, 0.717) is 18.4 Å². The van der Waals surface area contributed by atoms with E-state index in [9.17, 15) is 10.00 Å². The lowest BCUT2D eigenvalue weighted by atomic mass is 10.3. The summed E-state index contributed by atoms with van der Waals surface area (Å²) in [6, 6.07) is 19.6. The zero-order valence-corrected chi connectivity index (χ0v) is 15.0. The van der Waals surface area contributed by atoms with Crippen LogP contribution >= 0.6 is 20.0 Å². The summed E-state index contributed by atoms with van der Waals surface area (Å²) in [4.78, 5) is 11.7. The molecule has 1 heterocycles. The quantitative estimate of drug-likeness (QED) is 0.605. The lowest BCUT2D eigenvalue weighted by Gasteiger charge is -2.43. The maximum atomic E-state index is 11.7. The minimum Gasteiger partial charge on any atom is -0.502 e. The highest BCUT2D eigenvalue weighted by Gasteiger charge is 2.47. The van der Waals surface area contributed by atoms with E-state index < -0.39 is 7.79 Å². The third-order valence-electron chi connectivity index (χ3n) is 4.08. The fourth-order valence-electron chi connectivity index (χ4n) is 3.00. The molecule has 3 rings (SSSR count). The van der Waals surface area contributed by atoms with E-state index in [-0.39, 0.29) is 11.5 Å². The largest absolute Gasteiger partial charge is 0.502 e. The van der Waals surface area contributed by atoms with Crippen LogP contribution in [0, 0.1) is 0 Å². The Hall–Kier alpha value is -1.94. The highest BCUT2D eigenvalue weighted by atomic mass is 32.1. The number of aliphatic hydroxyl groups excluding tert-OH is 1. The van der Waals surface area contributed by atoms with Crippen LogP contribution < -0.4 is 9.34 Å². The molecule has 2 aromatic rings. The third kappa shape index (κ3) is 3.03. The number of para-hydroxylation sites is 2. The van der Waals surface area contributed by atoms with Gasteiger partial charge in [-0.2, -0.15) is 0 Å². The van der Waals surface area contributed by atoms with Crippen LogP contribution in [-0.4, -0.2) is 28.1 Å². The predicted octanol–water partition coefficient (Wildman–Crippen LogP) is 4.56. The maximum Gasteiger partial charge on any atom is 0.188 e. The maximum absolute atomic E-state index is 11.7. The van der Waals surface area contributed by atoms with Crippen LogP contribution in [0.3, 0.4) is 0 Å². The van der Waals surface area contributed by atoms with Gasteiger partial charge in [0.05, 0.1) is 0 Å². The van der Waals surface area contributed by atoms with Gasteiger partial charge in [0, 0.05) is 36.2 Å². The van der Waals surface area contributed by atoms with E-state index in [4.69, 9.17) is 12.2 Å². The van der Waals surface area contributed by atoms with E-state index in [0.717, 1.165) is 11.4 Å². The topological polar surface area (TPSA) is 46.9 Å². The van der Waals surface area contributed by atoms with E-state index in [2.05, 4.69) is 6.58 Å². The van der Waals surface area contributed by atoms with Gasteiger partial charge in [0.2, 0.25) is 0 Å². The molecule has 0 atom stereocenters. The number of hydrogen-bond donors (Lipinski definition) is 2. The molecule has 0 aromatic heterocycles. The van der Waals surface area contributed by atoms with Crippen molar-refractivity contribution in [1.29, 1.82) is 0 Å². The fraction of sp³-hybridized carbons (Fsp3) is 0.167. The number of benzene rings is 2. The van der Waals surface area contributed by atoms with E-state index >= 15 is 0 Å². The van der Waals surface area contributed by atoms with Gasteiger partial charge in [-0.1, -0.05) is 43.0 Å². The molecular formula is C18H20N2O2PS. The summed E-state index contributed by atoms with van der Waals surface area (Å²) in [5.41, 5.74) is 1.88. The van der Waals surface area contributed by atoms with Crippen molar-refractivity contribution in [3.8, 4) is 0 Å². The third-order valence-corrected chi connectivity index (χ3v) is 7.44. The molecule has 0 unspecified atom stereocenters.